The molecular formula is C88H87N13O10. The Kier molecular flexibility index (Phi) is 23.1. The van der Waals surface area contributed by atoms with E-state index in [1.165, 1.54) is 11.3 Å². The molecule has 0 saturated carbocycles. The number of H-pyrrole nitrogens is 3. The fourth-order valence-corrected chi connectivity index (χ4v) is 15.1. The molecule has 5 saturated heterocycles. The van der Waals surface area contributed by atoms with E-state index < -0.39 is 6.61 Å². The van der Waals surface area contributed by atoms with Crippen LogP contribution in [0.1, 0.15) is 60.8 Å². The van der Waals surface area contributed by atoms with Gasteiger partial charge in [0.2, 0.25) is 5.91 Å². The Hall–Kier alpha value is -12.3. The highest BCUT2D eigenvalue weighted by molar-refractivity contribution is 5.99. The molecule has 0 spiro atoms. The van der Waals surface area contributed by atoms with Crippen LogP contribution < -0.4 is 38.8 Å². The maximum Gasteiger partial charge on any atom is 0.248 e. The van der Waals surface area contributed by atoms with Crippen molar-refractivity contribution in [1.82, 2.24) is 40.1 Å². The fourth-order valence-electron chi connectivity index (χ4n) is 15.1. The van der Waals surface area contributed by atoms with Gasteiger partial charge < -0.3 is 78.0 Å². The van der Waals surface area contributed by atoms with Crippen molar-refractivity contribution >= 4 is 50.0 Å². The number of carbonyl (C=O) groups is 1. The molecule has 0 unspecified atom stereocenters. The van der Waals surface area contributed by atoms with E-state index in [2.05, 4.69) is 114 Å². The second-order valence-electron chi connectivity index (χ2n) is 28.0. The van der Waals surface area contributed by atoms with Crippen molar-refractivity contribution in [2.75, 3.05) is 123 Å². The van der Waals surface area contributed by atoms with Crippen molar-refractivity contribution in [3.8, 4) is 114 Å². The van der Waals surface area contributed by atoms with E-state index in [0.717, 1.165) is 196 Å². The van der Waals surface area contributed by atoms with Gasteiger partial charge in [0.25, 0.3) is 0 Å². The number of aryl methyl sites for hydroxylation is 1. The Morgan fingerprint density at radius 1 is 0.468 bits per heavy atom. The number of aromatic nitrogens is 6. The number of carbonyl (C=O) groups excluding carboxylic acids is 1. The zero-order chi connectivity index (χ0) is 76.2. The number of amides is 1. The van der Waals surface area contributed by atoms with Crippen LogP contribution in [0.2, 0.25) is 0 Å². The lowest BCUT2D eigenvalue weighted by Crippen LogP contribution is -2.42. The van der Waals surface area contributed by atoms with E-state index >= 15 is 0 Å². The van der Waals surface area contributed by atoms with Crippen LogP contribution in [0.3, 0.4) is 0 Å². The second kappa shape index (κ2) is 34.5. The molecule has 1 amide bonds. The maximum atomic E-state index is 11.8. The smallest absolute Gasteiger partial charge is 0.248 e. The van der Waals surface area contributed by atoms with Gasteiger partial charge in [-0.2, -0.15) is 15.8 Å². The predicted octanol–water partition coefficient (Wildman–Crippen LogP) is 14.4. The number of nitrogens with one attached hydrogen (secondary N) is 4. The van der Waals surface area contributed by atoms with Gasteiger partial charge in [-0.05, 0) is 184 Å². The Labute approximate surface area is 643 Å². The third-order valence-corrected chi connectivity index (χ3v) is 21.2. The second-order valence-corrected chi connectivity index (χ2v) is 28.0. The third-order valence-electron chi connectivity index (χ3n) is 21.2. The first-order valence-corrected chi connectivity index (χ1v) is 37.9. The standard InChI is InChI=1S/C32H33N5O5.C30H30N4O3.C26H24N4O2/c1-40-30-17-21(2-4-28(30)36-12-14-41-15-13-36)27-18-25-26(35-27)6-9-34-32(25)22-3-5-29(23(16-22)19-33)42-24-7-10-37(11-8-24)31(39)20-38;1-20-16-23(34-10-14-36-15-11-34)3-4-25(20)28-18-26-27(33-28)6-9-32-30(26)21-2-5-29(22(17-21)19-31)37-24-7-12-35-13-8-24;1-31-20-5-2-17(3-6-20)24-15-22-23(30-24)10-13-29-26(22)18-4-7-25(19(14-18)16-27)32-21-8-11-28-12-9-21/h2-6,9,16-18,24,35,38H,7-8,10-15,20H2,1H3;2-6,9,16-18,24,33H,7-8,10-15H2,1H3;2-7,10,13-15,21,28,30H,8-9,11-12H2,1H3. The van der Waals surface area contributed by atoms with Crippen LogP contribution in [0.25, 0.3) is 100 Å². The number of aromatic amines is 3. The molecule has 111 heavy (non-hydrogen) atoms. The van der Waals surface area contributed by atoms with E-state index in [1.807, 2.05) is 109 Å². The van der Waals surface area contributed by atoms with Crippen molar-refractivity contribution in [1.29, 1.82) is 15.8 Å². The molecule has 12 aromatic rings. The van der Waals surface area contributed by atoms with Gasteiger partial charge >= 0.3 is 0 Å². The number of pyridine rings is 3. The van der Waals surface area contributed by atoms with Gasteiger partial charge in [-0.15, -0.1) is 0 Å². The number of hydrogen-bond donors (Lipinski definition) is 5. The number of rotatable bonds is 17. The van der Waals surface area contributed by atoms with Crippen LogP contribution in [0.15, 0.2) is 170 Å². The van der Waals surface area contributed by atoms with Gasteiger partial charge in [0, 0.05) is 167 Å². The Bertz CT molecular complexity index is 5430. The third kappa shape index (κ3) is 16.8. The largest absolute Gasteiger partial charge is 0.497 e. The average molecular weight is 1490 g/mol. The molecule has 11 heterocycles. The number of ether oxygens (including phenoxy) is 8. The van der Waals surface area contributed by atoms with Crippen LogP contribution >= 0.6 is 0 Å². The number of benzene rings is 6. The highest BCUT2D eigenvalue weighted by atomic mass is 16.5. The van der Waals surface area contributed by atoms with E-state index in [4.69, 9.17) is 48.0 Å². The summed E-state index contributed by atoms with van der Waals surface area (Å²) in [4.78, 5) is 42.6. The number of hydrogen-bond acceptors (Lipinski definition) is 19. The number of fused-ring (bicyclic) bond motifs is 3. The van der Waals surface area contributed by atoms with Crippen molar-refractivity contribution in [3.05, 3.63) is 193 Å². The first-order chi connectivity index (χ1) is 54.5. The number of likely N-dealkylation sites (tertiary alicyclic amines) is 1. The SMILES string of the molecule is COc1cc(-c2cc3c(-c4ccc(OC5CCN(C(=O)CO)CC5)c(C#N)c4)nccc3[nH]2)ccc1N1CCOCC1.COc1ccc(-c2cc3c(-c4ccc(OC5CCNCC5)c(C#N)c4)nccc3[nH]2)cc1.Cc1cc(N2CCOCC2)ccc1-c1cc2c(-c3ccc(OC4CCOCC4)c(C#N)c3)nccc2[nH]1. The molecule has 0 bridgehead atoms. The number of morpholine rings is 2. The molecule has 23 heteroatoms. The van der Waals surface area contributed by atoms with Crippen LogP contribution in [0.4, 0.5) is 11.4 Å². The molecule has 0 aliphatic carbocycles. The van der Waals surface area contributed by atoms with Gasteiger partial charge in [-0.25, -0.2) is 0 Å². The van der Waals surface area contributed by atoms with Gasteiger partial charge in [0.15, 0.2) is 0 Å². The molecule has 5 aliphatic heterocycles. The van der Waals surface area contributed by atoms with Crippen LogP contribution in [0.5, 0.6) is 28.7 Å². The van der Waals surface area contributed by atoms with Gasteiger partial charge in [-0.3, -0.25) is 19.7 Å². The highest BCUT2D eigenvalue weighted by Gasteiger charge is 2.27. The van der Waals surface area contributed by atoms with E-state index in [9.17, 15) is 20.6 Å². The van der Waals surface area contributed by atoms with E-state index in [-0.39, 0.29) is 24.2 Å². The summed E-state index contributed by atoms with van der Waals surface area (Å²) in [5.41, 5.74) is 19.2. The molecule has 5 aliphatic rings. The molecule has 23 nitrogen and oxygen atoms in total. The molecule has 5 N–H and O–H groups in total. The highest BCUT2D eigenvalue weighted by Crippen LogP contribution is 2.41. The number of nitriles is 3. The molecule has 17 rings (SSSR count). The number of nitrogens with zero attached hydrogens (tertiary/aromatic N) is 9. The minimum absolute atomic E-state index is 0.0818. The summed E-state index contributed by atoms with van der Waals surface area (Å²) in [7, 11) is 3.35. The fraction of sp³-hybridized carbons (Fsp3) is 0.307. The van der Waals surface area contributed by atoms with Crippen LogP contribution in [-0.4, -0.2) is 177 Å². The monoisotopic (exact) mass is 1490 g/mol. The van der Waals surface area contributed by atoms with Gasteiger partial charge in [0.05, 0.1) is 93.3 Å². The van der Waals surface area contributed by atoms with Gasteiger partial charge in [0.1, 0.15) is 71.9 Å². The van der Waals surface area contributed by atoms with Crippen LogP contribution in [-0.2, 0) is 19.0 Å². The van der Waals surface area contributed by atoms with Crippen LogP contribution in [0, 0.1) is 40.9 Å². The first-order valence-electron chi connectivity index (χ1n) is 37.9. The summed E-state index contributed by atoms with van der Waals surface area (Å²) in [6.07, 6.45) is 10.3. The number of piperidine rings is 2. The topological polar surface area (TPSA) is 290 Å². The predicted molar refractivity (Wildman–Crippen MR) is 427 cm³/mol. The molecule has 0 atom stereocenters. The van der Waals surface area contributed by atoms with Crippen molar-refractivity contribution in [3.63, 3.8) is 0 Å². The van der Waals surface area contributed by atoms with E-state index in [1.54, 1.807) is 31.5 Å². The van der Waals surface area contributed by atoms with Crippen molar-refractivity contribution < 1.29 is 47.8 Å². The summed E-state index contributed by atoms with van der Waals surface area (Å²) in [6, 6.07) is 57.0. The normalized spacial score (nSPS) is 15.7. The Morgan fingerprint density at radius 3 is 1.41 bits per heavy atom. The number of anilines is 2. The first kappa shape index (κ1) is 74.2. The summed E-state index contributed by atoms with van der Waals surface area (Å²) in [6.45, 7) is 12.5. The molecular weight excluding hydrogens is 1400 g/mol. The quantitative estimate of drug-likeness (QED) is 0.0566. The average Bonchev–Trinajstić information content (AvgIpc) is 1.65. The molecule has 5 fully saturated rings. The number of methoxy groups -OCH3 is 2. The summed E-state index contributed by atoms with van der Waals surface area (Å²) >= 11 is 0. The maximum absolute atomic E-state index is 11.8. The summed E-state index contributed by atoms with van der Waals surface area (Å²) in [5.74, 6) is 3.14. The zero-order valence-corrected chi connectivity index (χ0v) is 62.4. The lowest BCUT2D eigenvalue weighted by molar-refractivity contribution is -0.135. The number of aliphatic hydroxyl groups excluding tert-OH is 1. The van der Waals surface area contributed by atoms with Crippen molar-refractivity contribution in [2.45, 2.75) is 63.8 Å². The summed E-state index contributed by atoms with van der Waals surface area (Å²) < 4.78 is 45.9. The summed E-state index contributed by atoms with van der Waals surface area (Å²) in [5, 5.41) is 44.9. The lowest BCUT2D eigenvalue weighted by Gasteiger charge is -2.32. The van der Waals surface area contributed by atoms with Gasteiger partial charge in [-0.1, -0.05) is 12.1 Å². The molecule has 564 valence electrons. The molecule has 6 aromatic carbocycles. The Balaban J connectivity index is 0.000000133. The molecule has 6 aromatic heterocycles. The minimum atomic E-state index is -0.482. The number of aliphatic hydroxyl groups is 1. The molecule has 0 radical (unpaired) electrons. The van der Waals surface area contributed by atoms with Crippen molar-refractivity contribution in [2.24, 2.45) is 0 Å². The Morgan fingerprint density at radius 2 is 0.919 bits per heavy atom. The lowest BCUT2D eigenvalue weighted by atomic mass is 10.0. The minimum Gasteiger partial charge on any atom is -0.497 e. The zero-order valence-electron chi connectivity index (χ0n) is 62.4. The van der Waals surface area contributed by atoms with E-state index in [0.29, 0.717) is 86.3 Å².